The fourth-order valence-corrected chi connectivity index (χ4v) is 4.15. The number of hydrogen-bond acceptors (Lipinski definition) is 4. The van der Waals surface area contributed by atoms with Gasteiger partial charge < -0.3 is 26.6 Å². The van der Waals surface area contributed by atoms with Gasteiger partial charge in [0.2, 0.25) is 0 Å². The highest BCUT2D eigenvalue weighted by atomic mass is 79.9. The predicted octanol–water partition coefficient (Wildman–Crippen LogP) is -0.108. The van der Waals surface area contributed by atoms with E-state index in [1.54, 1.807) is 19.2 Å². The molecule has 0 atom stereocenters. The number of ketones is 1. The number of carbonyl (C=O) groups excluding carboxylic acids is 1. The van der Waals surface area contributed by atoms with Gasteiger partial charge in [-0.25, -0.2) is 9.13 Å². The maximum atomic E-state index is 12.9. The molecule has 3 aromatic rings. The molecule has 1 aliphatic rings. The van der Waals surface area contributed by atoms with Crippen molar-refractivity contribution in [3.8, 4) is 5.75 Å². The molecule has 0 amide bonds. The summed E-state index contributed by atoms with van der Waals surface area (Å²) in [6, 6.07) is 15.3. The summed E-state index contributed by atoms with van der Waals surface area (Å²) in [7, 11) is 1.62. The Labute approximate surface area is 188 Å². The van der Waals surface area contributed by atoms with Crippen LogP contribution in [0.2, 0.25) is 0 Å². The zero-order chi connectivity index (χ0) is 20.2. The first kappa shape index (κ1) is 22.3. The summed E-state index contributed by atoms with van der Waals surface area (Å²) >= 11 is 0. The molecule has 1 aliphatic heterocycles. The number of nitrogens with zero attached hydrogens (tertiary/aromatic N) is 3. The molecule has 0 bridgehead atoms. The fraction of sp³-hybridized carbons (Fsp3) is 0.391. The summed E-state index contributed by atoms with van der Waals surface area (Å²) < 4.78 is 9.25. The van der Waals surface area contributed by atoms with Crippen LogP contribution in [0.4, 0.5) is 5.95 Å². The Hall–Kier alpha value is -2.38. The number of benzene rings is 2. The summed E-state index contributed by atoms with van der Waals surface area (Å²) in [5.41, 5.74) is 9.26. The molecule has 0 spiro atoms. The zero-order valence-corrected chi connectivity index (χ0v) is 19.0. The molecule has 0 saturated carbocycles. The van der Waals surface area contributed by atoms with E-state index in [0.717, 1.165) is 43.0 Å². The number of fused-ring (bicyclic) bond motifs is 1. The minimum Gasteiger partial charge on any atom is -1.00 e. The normalized spacial score (nSPS) is 14.4. The average Bonchev–Trinajstić information content (AvgIpc) is 3.04. The second-order valence-corrected chi connectivity index (χ2v) is 7.64. The molecule has 4 rings (SSSR count). The molecule has 2 N–H and O–H groups in total. The molecule has 0 unspecified atom stereocenters. The number of nitrogens with two attached hydrogens (primary N) is 1. The van der Waals surface area contributed by atoms with Crippen LogP contribution in [0.5, 0.6) is 5.75 Å². The molecule has 160 valence electrons. The van der Waals surface area contributed by atoms with Crippen molar-refractivity contribution in [3.63, 3.8) is 0 Å². The van der Waals surface area contributed by atoms with Crippen molar-refractivity contribution in [2.24, 2.45) is 0 Å². The van der Waals surface area contributed by atoms with Crippen molar-refractivity contribution in [2.75, 3.05) is 32.5 Å². The van der Waals surface area contributed by atoms with Gasteiger partial charge in [-0.2, -0.15) is 0 Å². The lowest BCUT2D eigenvalue weighted by Crippen LogP contribution is -3.00. The van der Waals surface area contributed by atoms with Crippen molar-refractivity contribution < 1.29 is 31.1 Å². The first-order valence-corrected chi connectivity index (χ1v) is 10.3. The Morgan fingerprint density at radius 2 is 1.73 bits per heavy atom. The van der Waals surface area contributed by atoms with Crippen LogP contribution < -0.4 is 32.0 Å². The molecule has 7 heteroatoms. The molecule has 1 saturated heterocycles. The van der Waals surface area contributed by atoms with Gasteiger partial charge in [0.05, 0.1) is 13.7 Å². The minimum atomic E-state index is 0. The predicted molar refractivity (Wildman–Crippen MR) is 114 cm³/mol. The standard InChI is InChI=1S/C23H28N4O2.BrH/c1-29-19-11-9-18(10-12-19)22(28)17-27-21-8-4-3-7-20(21)26(23(27)24)16-15-25-13-5-2-6-14-25;/h3-4,7-12,24H,2,5-6,13-17H2,1H3;1H. The van der Waals surface area contributed by atoms with Crippen LogP contribution in [0, 0.1) is 0 Å². The van der Waals surface area contributed by atoms with Crippen molar-refractivity contribution in [2.45, 2.75) is 32.4 Å². The van der Waals surface area contributed by atoms with Crippen LogP contribution >= 0.6 is 0 Å². The van der Waals surface area contributed by atoms with Crippen molar-refractivity contribution >= 4 is 22.8 Å². The van der Waals surface area contributed by atoms with Gasteiger partial charge in [0.1, 0.15) is 23.3 Å². The van der Waals surface area contributed by atoms with Crippen LogP contribution in [-0.4, -0.2) is 42.0 Å². The quantitative estimate of drug-likeness (QED) is 0.385. The third-order valence-corrected chi connectivity index (χ3v) is 5.82. The van der Waals surface area contributed by atoms with Crippen LogP contribution in [0.3, 0.4) is 0 Å². The Morgan fingerprint density at radius 3 is 2.43 bits per heavy atom. The Bertz CT molecular complexity index is 994. The van der Waals surface area contributed by atoms with E-state index in [4.69, 9.17) is 10.5 Å². The minimum absolute atomic E-state index is 0. The van der Waals surface area contributed by atoms with E-state index in [1.807, 2.05) is 34.9 Å². The number of anilines is 1. The van der Waals surface area contributed by atoms with Gasteiger partial charge >= 0.3 is 5.95 Å². The maximum Gasteiger partial charge on any atom is 0.356 e. The van der Waals surface area contributed by atoms with Crippen LogP contribution in [-0.2, 0) is 13.1 Å². The average molecular weight is 473 g/mol. The SMILES string of the molecule is COc1ccc(C(=O)C[n+]2c(N)n(CCN3CCCCC3)c3ccccc32)cc1.[Br-]. The molecule has 30 heavy (non-hydrogen) atoms. The lowest BCUT2D eigenvalue weighted by Gasteiger charge is -2.25. The highest BCUT2D eigenvalue weighted by molar-refractivity contribution is 5.95. The number of hydrogen-bond donors (Lipinski definition) is 1. The smallest absolute Gasteiger partial charge is 0.356 e. The number of likely N-dealkylation sites (tertiary alicyclic amines) is 1. The van der Waals surface area contributed by atoms with Gasteiger partial charge in [-0.05, 0) is 62.3 Å². The number of ether oxygens (including phenoxy) is 1. The fourth-order valence-electron chi connectivity index (χ4n) is 4.15. The first-order valence-electron chi connectivity index (χ1n) is 10.3. The number of methoxy groups -OCH3 is 1. The van der Waals surface area contributed by atoms with Crippen molar-refractivity contribution in [1.82, 2.24) is 9.47 Å². The van der Waals surface area contributed by atoms with Crippen LogP contribution in [0.15, 0.2) is 48.5 Å². The summed E-state index contributed by atoms with van der Waals surface area (Å²) in [5.74, 6) is 1.40. The van der Waals surface area contributed by atoms with E-state index in [9.17, 15) is 4.79 Å². The molecule has 6 nitrogen and oxygen atoms in total. The van der Waals surface area contributed by atoms with Gasteiger partial charge in [-0.3, -0.25) is 10.5 Å². The molecule has 2 heterocycles. The Kier molecular flexibility index (Phi) is 7.50. The van der Waals surface area contributed by atoms with Gasteiger partial charge in [-0.15, -0.1) is 0 Å². The van der Waals surface area contributed by atoms with Crippen LogP contribution in [0.1, 0.15) is 29.6 Å². The molecule has 0 aliphatic carbocycles. The lowest BCUT2D eigenvalue weighted by molar-refractivity contribution is -0.642. The number of para-hydroxylation sites is 2. The Balaban J connectivity index is 0.00000256. The monoisotopic (exact) mass is 472 g/mol. The van der Waals surface area contributed by atoms with E-state index >= 15 is 0 Å². The third kappa shape index (κ3) is 4.68. The van der Waals surface area contributed by atoms with E-state index < -0.39 is 0 Å². The molecular weight excluding hydrogens is 444 g/mol. The first-order chi connectivity index (χ1) is 14.2. The van der Waals surface area contributed by atoms with E-state index in [0.29, 0.717) is 11.5 Å². The number of halogens is 1. The van der Waals surface area contributed by atoms with E-state index in [2.05, 4.69) is 15.5 Å². The summed E-state index contributed by atoms with van der Waals surface area (Å²) in [6.45, 7) is 4.35. The molecule has 1 aromatic heterocycles. The number of nitrogen functional groups attached to an aromatic ring is 1. The summed E-state index contributed by atoms with van der Waals surface area (Å²) in [6.07, 6.45) is 3.88. The number of aromatic nitrogens is 2. The Morgan fingerprint density at radius 1 is 1.03 bits per heavy atom. The van der Waals surface area contributed by atoms with Gasteiger partial charge in [0.25, 0.3) is 0 Å². The molecule has 1 fully saturated rings. The van der Waals surface area contributed by atoms with Crippen LogP contribution in [0.25, 0.3) is 11.0 Å². The maximum absolute atomic E-state index is 12.9. The number of rotatable bonds is 7. The van der Waals surface area contributed by atoms with Crippen molar-refractivity contribution in [3.05, 3.63) is 54.1 Å². The van der Waals surface area contributed by atoms with Gasteiger partial charge in [0, 0.05) is 12.1 Å². The number of imidazole rings is 1. The van der Waals surface area contributed by atoms with Crippen molar-refractivity contribution in [1.29, 1.82) is 0 Å². The van der Waals surface area contributed by atoms with E-state index in [-0.39, 0.29) is 29.3 Å². The highest BCUT2D eigenvalue weighted by Gasteiger charge is 2.23. The molecule has 2 aromatic carbocycles. The molecule has 0 radical (unpaired) electrons. The van der Waals surface area contributed by atoms with Gasteiger partial charge in [0.15, 0.2) is 5.78 Å². The second kappa shape index (κ2) is 10.1. The summed E-state index contributed by atoms with van der Waals surface area (Å²) in [4.78, 5) is 15.4. The molecular formula is C23H29BrN4O2. The highest BCUT2D eigenvalue weighted by Crippen LogP contribution is 2.18. The number of carbonyl (C=O) groups is 1. The number of piperidine rings is 1. The number of Topliss-reactive ketones (excluding diaryl/α,β-unsaturated/α-hetero) is 1. The second-order valence-electron chi connectivity index (χ2n) is 7.64. The topological polar surface area (TPSA) is 64.4 Å². The summed E-state index contributed by atoms with van der Waals surface area (Å²) in [5, 5.41) is 0. The largest absolute Gasteiger partial charge is 1.00 e. The zero-order valence-electron chi connectivity index (χ0n) is 17.4. The third-order valence-electron chi connectivity index (χ3n) is 5.82. The van der Waals surface area contributed by atoms with Gasteiger partial charge in [-0.1, -0.05) is 18.6 Å². The lowest BCUT2D eigenvalue weighted by atomic mass is 10.1. The van der Waals surface area contributed by atoms with E-state index in [1.165, 1.54) is 19.3 Å².